The molecule has 3 nitrogen and oxygen atoms in total. The molecule has 0 aliphatic carbocycles. The van der Waals surface area contributed by atoms with Gasteiger partial charge in [-0.25, -0.2) is 4.98 Å². The minimum atomic E-state index is -0.543. The van der Waals surface area contributed by atoms with Gasteiger partial charge in [-0.2, -0.15) is 4.39 Å². The number of halogens is 1. The molecule has 0 amide bonds. The topological polar surface area (TPSA) is 35.0 Å². The van der Waals surface area contributed by atoms with E-state index in [1.807, 2.05) is 12.1 Å². The van der Waals surface area contributed by atoms with Gasteiger partial charge in [0.05, 0.1) is 0 Å². The molecule has 0 saturated heterocycles. The first-order valence-electron chi connectivity index (χ1n) is 4.48. The zero-order chi connectivity index (χ0) is 10.5. The lowest BCUT2D eigenvalue weighted by molar-refractivity contribution is 0.303. The van der Waals surface area contributed by atoms with E-state index in [-0.39, 0.29) is 0 Å². The van der Waals surface area contributed by atoms with Crippen LogP contribution in [0.3, 0.4) is 0 Å². The second-order valence-corrected chi connectivity index (χ2v) is 2.96. The smallest absolute Gasteiger partial charge is 0.216 e. The van der Waals surface area contributed by atoms with Gasteiger partial charge in [0.1, 0.15) is 12.4 Å². The largest absolute Gasteiger partial charge is 0.489 e. The molecule has 15 heavy (non-hydrogen) atoms. The van der Waals surface area contributed by atoms with Crippen molar-refractivity contribution in [1.29, 1.82) is 0 Å². The van der Waals surface area contributed by atoms with Crippen LogP contribution in [0, 0.1) is 5.95 Å². The fourth-order valence-corrected chi connectivity index (χ4v) is 1.12. The van der Waals surface area contributed by atoms with Crippen molar-refractivity contribution in [3.63, 3.8) is 0 Å². The molecule has 0 N–H and O–H groups in total. The molecule has 0 aromatic carbocycles. The predicted octanol–water partition coefficient (Wildman–Crippen LogP) is 2.19. The van der Waals surface area contributed by atoms with E-state index >= 15 is 0 Å². The van der Waals surface area contributed by atoms with Gasteiger partial charge in [-0.1, -0.05) is 6.07 Å². The average molecular weight is 204 g/mol. The predicted molar refractivity (Wildman–Crippen MR) is 52.8 cm³/mol. The van der Waals surface area contributed by atoms with Crippen LogP contribution in [-0.4, -0.2) is 9.97 Å². The number of pyridine rings is 2. The standard InChI is InChI=1S/C11H9FN2O/c12-11-6-10(3-5-14-11)15-8-9-2-1-4-13-7-9/h1-7H,8H2. The molecule has 2 aromatic rings. The van der Waals surface area contributed by atoms with Crippen LogP contribution in [0.1, 0.15) is 5.56 Å². The summed E-state index contributed by atoms with van der Waals surface area (Å²) in [7, 11) is 0. The summed E-state index contributed by atoms with van der Waals surface area (Å²) >= 11 is 0. The van der Waals surface area contributed by atoms with Gasteiger partial charge in [-0.15, -0.1) is 0 Å². The lowest BCUT2D eigenvalue weighted by Crippen LogP contribution is -1.96. The first-order chi connectivity index (χ1) is 7.34. The Balaban J connectivity index is 1.99. The maximum Gasteiger partial charge on any atom is 0.216 e. The Morgan fingerprint density at radius 3 is 2.93 bits per heavy atom. The lowest BCUT2D eigenvalue weighted by atomic mass is 10.3. The van der Waals surface area contributed by atoms with Gasteiger partial charge < -0.3 is 4.74 Å². The summed E-state index contributed by atoms with van der Waals surface area (Å²) < 4.78 is 18.0. The highest BCUT2D eigenvalue weighted by Gasteiger charge is 1.97. The monoisotopic (exact) mass is 204 g/mol. The van der Waals surface area contributed by atoms with Crippen molar-refractivity contribution in [2.45, 2.75) is 6.61 Å². The third-order valence-electron chi connectivity index (χ3n) is 1.83. The highest BCUT2D eigenvalue weighted by atomic mass is 19.1. The minimum absolute atomic E-state index is 0.372. The number of nitrogens with zero attached hydrogens (tertiary/aromatic N) is 2. The molecule has 0 aliphatic heterocycles. The molecule has 2 rings (SSSR count). The van der Waals surface area contributed by atoms with Crippen LogP contribution < -0.4 is 4.74 Å². The molecule has 0 spiro atoms. The number of aromatic nitrogens is 2. The van der Waals surface area contributed by atoms with E-state index < -0.39 is 5.95 Å². The molecular formula is C11H9FN2O. The van der Waals surface area contributed by atoms with E-state index in [4.69, 9.17) is 4.74 Å². The molecule has 4 heteroatoms. The van der Waals surface area contributed by atoms with Gasteiger partial charge in [0.25, 0.3) is 0 Å². The van der Waals surface area contributed by atoms with Gasteiger partial charge in [0, 0.05) is 30.2 Å². The van der Waals surface area contributed by atoms with E-state index in [1.54, 1.807) is 18.5 Å². The molecule has 0 unspecified atom stereocenters. The van der Waals surface area contributed by atoms with E-state index in [9.17, 15) is 4.39 Å². The third kappa shape index (κ3) is 2.74. The number of hydrogen-bond donors (Lipinski definition) is 0. The normalized spacial score (nSPS) is 9.93. The van der Waals surface area contributed by atoms with E-state index in [1.165, 1.54) is 12.3 Å². The van der Waals surface area contributed by atoms with Crippen LogP contribution in [0.2, 0.25) is 0 Å². The van der Waals surface area contributed by atoms with Gasteiger partial charge in [0.2, 0.25) is 5.95 Å². The Morgan fingerprint density at radius 2 is 2.20 bits per heavy atom. The van der Waals surface area contributed by atoms with E-state index in [0.29, 0.717) is 12.4 Å². The summed E-state index contributed by atoms with van der Waals surface area (Å²) in [6.07, 6.45) is 4.76. The molecule has 76 valence electrons. The maximum atomic E-state index is 12.7. The summed E-state index contributed by atoms with van der Waals surface area (Å²) in [4.78, 5) is 7.38. The molecule has 0 fully saturated rings. The SMILES string of the molecule is Fc1cc(OCc2cccnc2)ccn1. The molecular weight excluding hydrogens is 195 g/mol. The third-order valence-corrected chi connectivity index (χ3v) is 1.83. The lowest BCUT2D eigenvalue weighted by Gasteiger charge is -2.04. The van der Waals surface area contributed by atoms with Gasteiger partial charge in [-0.3, -0.25) is 4.98 Å². The summed E-state index contributed by atoms with van der Waals surface area (Å²) in [6.45, 7) is 0.372. The van der Waals surface area contributed by atoms with E-state index in [0.717, 1.165) is 5.56 Å². The minimum Gasteiger partial charge on any atom is -0.489 e. The Hall–Kier alpha value is -1.97. The van der Waals surface area contributed by atoms with Crippen LogP contribution in [0.5, 0.6) is 5.75 Å². The van der Waals surface area contributed by atoms with Gasteiger partial charge in [-0.05, 0) is 12.1 Å². The van der Waals surface area contributed by atoms with Crippen molar-refractivity contribution in [1.82, 2.24) is 9.97 Å². The molecule has 0 aliphatic rings. The summed E-state index contributed by atoms with van der Waals surface area (Å²) in [5, 5.41) is 0. The zero-order valence-electron chi connectivity index (χ0n) is 7.93. The molecule has 0 saturated carbocycles. The number of ether oxygens (including phenoxy) is 1. The first kappa shape index (κ1) is 9.58. The highest BCUT2D eigenvalue weighted by molar-refractivity contribution is 5.18. The summed E-state index contributed by atoms with van der Waals surface area (Å²) in [5.74, 6) is -0.0787. The molecule has 2 aromatic heterocycles. The Morgan fingerprint density at radius 1 is 1.27 bits per heavy atom. The van der Waals surface area contributed by atoms with Crippen molar-refractivity contribution in [3.05, 3.63) is 54.4 Å². The molecule has 2 heterocycles. The van der Waals surface area contributed by atoms with Crippen molar-refractivity contribution in [3.8, 4) is 5.75 Å². The summed E-state index contributed by atoms with van der Waals surface area (Å²) in [5.41, 5.74) is 0.940. The van der Waals surface area contributed by atoms with Gasteiger partial charge in [0.15, 0.2) is 0 Å². The molecule has 0 bridgehead atoms. The maximum absolute atomic E-state index is 12.7. The van der Waals surface area contributed by atoms with E-state index in [2.05, 4.69) is 9.97 Å². The van der Waals surface area contributed by atoms with Crippen molar-refractivity contribution in [2.75, 3.05) is 0 Å². The Labute approximate surface area is 86.6 Å². The van der Waals surface area contributed by atoms with Crippen LogP contribution in [0.25, 0.3) is 0 Å². The molecule has 0 radical (unpaired) electrons. The fraction of sp³-hybridized carbons (Fsp3) is 0.0909. The van der Waals surface area contributed by atoms with Crippen LogP contribution in [0.4, 0.5) is 4.39 Å². The average Bonchev–Trinajstić information content (AvgIpc) is 2.28. The molecule has 0 atom stereocenters. The van der Waals surface area contributed by atoms with Gasteiger partial charge >= 0.3 is 0 Å². The quantitative estimate of drug-likeness (QED) is 0.719. The Bertz CT molecular complexity index is 434. The zero-order valence-corrected chi connectivity index (χ0v) is 7.93. The van der Waals surface area contributed by atoms with Crippen LogP contribution in [-0.2, 0) is 6.61 Å². The number of rotatable bonds is 3. The van der Waals surface area contributed by atoms with Crippen molar-refractivity contribution >= 4 is 0 Å². The highest BCUT2D eigenvalue weighted by Crippen LogP contribution is 2.11. The fourth-order valence-electron chi connectivity index (χ4n) is 1.12. The second kappa shape index (κ2) is 4.50. The van der Waals surface area contributed by atoms with Crippen LogP contribution >= 0.6 is 0 Å². The van der Waals surface area contributed by atoms with Crippen molar-refractivity contribution < 1.29 is 9.13 Å². The van der Waals surface area contributed by atoms with Crippen molar-refractivity contribution in [2.24, 2.45) is 0 Å². The number of hydrogen-bond acceptors (Lipinski definition) is 3. The summed E-state index contributed by atoms with van der Waals surface area (Å²) in [6, 6.07) is 6.58. The Kier molecular flexibility index (Phi) is 2.88. The second-order valence-electron chi connectivity index (χ2n) is 2.96. The van der Waals surface area contributed by atoms with Crippen LogP contribution in [0.15, 0.2) is 42.9 Å². The first-order valence-corrected chi connectivity index (χ1v) is 4.48.